The molecule has 0 fully saturated rings. The van der Waals surface area contributed by atoms with Crippen molar-refractivity contribution in [2.45, 2.75) is 79.1 Å². The molecule has 0 saturated carbocycles. The number of aryl methyl sites for hydroxylation is 1. The van der Waals surface area contributed by atoms with E-state index in [1.54, 1.807) is 19.0 Å². The van der Waals surface area contributed by atoms with Crippen LogP contribution in [0.4, 0.5) is 0 Å². The van der Waals surface area contributed by atoms with E-state index in [4.69, 9.17) is 4.74 Å². The lowest BCUT2D eigenvalue weighted by atomic mass is 9.78. The van der Waals surface area contributed by atoms with Gasteiger partial charge in [0, 0.05) is 19.7 Å². The van der Waals surface area contributed by atoms with Crippen molar-refractivity contribution in [3.63, 3.8) is 0 Å². The highest BCUT2D eigenvalue weighted by atomic mass is 16.5. The maximum Gasteiger partial charge on any atom is 0.338 e. The summed E-state index contributed by atoms with van der Waals surface area (Å²) in [5.74, 6) is 0.274. The largest absolute Gasteiger partial charge is 0.507 e. The van der Waals surface area contributed by atoms with Gasteiger partial charge >= 0.3 is 5.97 Å². The molecule has 0 bridgehead atoms. The van der Waals surface area contributed by atoms with Crippen molar-refractivity contribution in [1.29, 1.82) is 0 Å². The molecule has 0 aliphatic carbocycles. The molecule has 0 spiro atoms. The van der Waals surface area contributed by atoms with Crippen LogP contribution in [0.1, 0.15) is 98.7 Å². The molecule has 0 atom stereocenters. The van der Waals surface area contributed by atoms with Gasteiger partial charge in [-0.1, -0.05) is 133 Å². The average molecular weight is 648 g/mol. The van der Waals surface area contributed by atoms with Crippen molar-refractivity contribution in [1.82, 2.24) is 4.90 Å². The van der Waals surface area contributed by atoms with Crippen molar-refractivity contribution in [2.24, 2.45) is 0 Å². The molecule has 0 aliphatic rings. The number of fused-ring (bicyclic) bond motifs is 2. The number of carbonyl (C=O) groups is 2. The summed E-state index contributed by atoms with van der Waals surface area (Å²) in [6.45, 7) is 17.5. The van der Waals surface area contributed by atoms with Crippen molar-refractivity contribution in [3.05, 3.63) is 125 Å². The zero-order chi connectivity index (χ0) is 35.6. The van der Waals surface area contributed by atoms with Gasteiger partial charge in [-0.25, -0.2) is 4.79 Å². The van der Waals surface area contributed by atoms with E-state index in [0.29, 0.717) is 17.9 Å². The van der Waals surface area contributed by atoms with Crippen LogP contribution < -0.4 is 0 Å². The summed E-state index contributed by atoms with van der Waals surface area (Å²) < 4.78 is 5.18. The highest BCUT2D eigenvalue weighted by Crippen LogP contribution is 2.39. The summed E-state index contributed by atoms with van der Waals surface area (Å²) >= 11 is 0. The van der Waals surface area contributed by atoms with E-state index >= 15 is 0 Å². The molecule has 5 rings (SSSR count). The number of amides is 1. The summed E-state index contributed by atoms with van der Waals surface area (Å²) in [5.41, 5.74) is 4.62. The van der Waals surface area contributed by atoms with E-state index in [2.05, 4.69) is 67.5 Å². The summed E-state index contributed by atoms with van der Waals surface area (Å²) in [7, 11) is 3.52. The third-order valence-electron chi connectivity index (χ3n) is 7.99. The molecule has 5 nitrogen and oxygen atoms in total. The zero-order valence-corrected chi connectivity index (χ0v) is 30.5. The lowest BCUT2D eigenvalue weighted by Crippen LogP contribution is -2.21. The Hall–Kier alpha value is -4.64. The number of carbonyl (C=O) groups excluding carboxylic acids is 2. The fourth-order valence-corrected chi connectivity index (χ4v) is 5.21. The molecule has 0 aliphatic heterocycles. The van der Waals surface area contributed by atoms with Crippen molar-refractivity contribution >= 4 is 33.4 Å². The number of rotatable bonds is 5. The van der Waals surface area contributed by atoms with E-state index < -0.39 is 0 Å². The molecule has 0 saturated heterocycles. The van der Waals surface area contributed by atoms with Crippen LogP contribution in [0, 0.1) is 6.92 Å². The van der Waals surface area contributed by atoms with Crippen LogP contribution in [-0.4, -0.2) is 42.6 Å². The third-order valence-corrected chi connectivity index (χ3v) is 7.99. The minimum Gasteiger partial charge on any atom is -0.507 e. The first-order valence-corrected chi connectivity index (χ1v) is 16.7. The summed E-state index contributed by atoms with van der Waals surface area (Å²) in [4.78, 5) is 25.0. The van der Waals surface area contributed by atoms with Gasteiger partial charge in [-0.15, -0.1) is 0 Å². The molecule has 48 heavy (non-hydrogen) atoms. The molecule has 5 aromatic carbocycles. The van der Waals surface area contributed by atoms with Gasteiger partial charge in [-0.3, -0.25) is 4.79 Å². The van der Waals surface area contributed by atoms with Gasteiger partial charge in [0.05, 0.1) is 12.2 Å². The number of phenolic OH excluding ortho intramolecular Hbond substituents is 1. The molecule has 1 N–H and O–H groups in total. The summed E-state index contributed by atoms with van der Waals surface area (Å²) in [6.07, 6.45) is 1.95. The zero-order valence-electron chi connectivity index (χ0n) is 30.5. The van der Waals surface area contributed by atoms with Gasteiger partial charge in [-0.05, 0) is 81.1 Å². The number of nitrogens with zero attached hydrogens (tertiary/aromatic N) is 1. The van der Waals surface area contributed by atoms with Crippen molar-refractivity contribution < 1.29 is 19.4 Å². The van der Waals surface area contributed by atoms with Crippen molar-refractivity contribution in [2.75, 3.05) is 20.7 Å². The van der Waals surface area contributed by atoms with Gasteiger partial charge in [0.2, 0.25) is 0 Å². The number of aromatic hydroxyl groups is 1. The first-order chi connectivity index (χ1) is 22.5. The summed E-state index contributed by atoms with van der Waals surface area (Å²) in [5, 5.41) is 14.9. The number of hydrogen-bond donors (Lipinski definition) is 1. The predicted octanol–water partition coefficient (Wildman–Crippen LogP) is 10.6. The molecule has 254 valence electrons. The lowest BCUT2D eigenvalue weighted by Gasteiger charge is -2.27. The Bertz CT molecular complexity index is 1810. The smallest absolute Gasteiger partial charge is 0.338 e. The number of benzene rings is 5. The fraction of sp³-hybridized carbons (Fsp3) is 0.349. The molecule has 0 unspecified atom stereocenters. The predicted molar refractivity (Wildman–Crippen MR) is 201 cm³/mol. The first-order valence-electron chi connectivity index (χ1n) is 16.7. The number of unbranched alkanes of at least 4 members (excludes halogenated alkanes) is 1. The van der Waals surface area contributed by atoms with Crippen LogP contribution in [0.2, 0.25) is 0 Å². The molecule has 5 heteroatoms. The second kappa shape index (κ2) is 16.5. The van der Waals surface area contributed by atoms with E-state index in [1.807, 2.05) is 84.9 Å². The SMILES string of the molecule is CCCCOC(=O)c1ccc2ccccc2c1.CN(C)C(=O)c1ccc2ccccc2c1.Cc1cc(C(C)(C)C)c(O)c(C(C)(C)C)c1. The molecular formula is C43H53NO4. The third kappa shape index (κ3) is 10.4. The Morgan fingerprint density at radius 2 is 1.10 bits per heavy atom. The Morgan fingerprint density at radius 3 is 1.54 bits per heavy atom. The second-order valence-corrected chi connectivity index (χ2v) is 14.5. The van der Waals surface area contributed by atoms with Gasteiger partial charge in [0.15, 0.2) is 0 Å². The molecule has 0 aromatic heterocycles. The number of hydrogen-bond acceptors (Lipinski definition) is 4. The Balaban J connectivity index is 0.000000196. The Labute approximate surface area is 287 Å². The fourth-order valence-electron chi connectivity index (χ4n) is 5.21. The normalized spacial score (nSPS) is 11.2. The highest BCUT2D eigenvalue weighted by Gasteiger charge is 2.25. The van der Waals surface area contributed by atoms with Crippen LogP contribution in [0.3, 0.4) is 0 Å². The van der Waals surface area contributed by atoms with Crippen molar-refractivity contribution in [3.8, 4) is 5.75 Å². The van der Waals surface area contributed by atoms with Crippen LogP contribution >= 0.6 is 0 Å². The van der Waals surface area contributed by atoms with E-state index in [1.165, 1.54) is 5.56 Å². The second-order valence-electron chi connectivity index (χ2n) is 14.5. The van der Waals surface area contributed by atoms with E-state index in [9.17, 15) is 14.7 Å². The molecule has 0 radical (unpaired) electrons. The highest BCUT2D eigenvalue weighted by molar-refractivity contribution is 5.98. The van der Waals surface area contributed by atoms with Crippen LogP contribution in [0.5, 0.6) is 5.75 Å². The van der Waals surface area contributed by atoms with Gasteiger partial charge in [-0.2, -0.15) is 0 Å². The van der Waals surface area contributed by atoms with Crippen LogP contribution in [0.25, 0.3) is 21.5 Å². The monoisotopic (exact) mass is 647 g/mol. The first kappa shape index (κ1) is 37.8. The lowest BCUT2D eigenvalue weighted by molar-refractivity contribution is 0.0499. The van der Waals surface area contributed by atoms with Crippen LogP contribution in [0.15, 0.2) is 97.1 Å². The van der Waals surface area contributed by atoms with Gasteiger partial charge in [0.1, 0.15) is 5.75 Å². The van der Waals surface area contributed by atoms with Crippen LogP contribution in [-0.2, 0) is 15.6 Å². The number of ether oxygens (including phenoxy) is 1. The van der Waals surface area contributed by atoms with E-state index in [0.717, 1.165) is 51.1 Å². The standard InChI is InChI=1S/C15H16O2.C15H24O.C13H13NO/c1-2-3-10-17-15(16)14-9-8-12-6-4-5-7-13(12)11-14;1-10-8-11(14(2,3)4)13(16)12(9-10)15(5,6)7;1-14(2)13(15)12-8-7-10-5-3-4-6-11(10)9-12/h4-9,11H,2-3,10H2,1H3;8-9,16H,1-7H3;3-9H,1-2H3. The maximum absolute atomic E-state index is 11.7. The Kier molecular flexibility index (Phi) is 13.0. The number of phenols is 1. The summed E-state index contributed by atoms with van der Waals surface area (Å²) in [6, 6.07) is 31.6. The minimum absolute atomic E-state index is 0.0178. The quantitative estimate of drug-likeness (QED) is 0.152. The van der Waals surface area contributed by atoms with Gasteiger partial charge in [0.25, 0.3) is 5.91 Å². The topological polar surface area (TPSA) is 66.8 Å². The van der Waals surface area contributed by atoms with Gasteiger partial charge < -0.3 is 14.7 Å². The van der Waals surface area contributed by atoms with E-state index in [-0.39, 0.29) is 22.7 Å². The maximum atomic E-state index is 11.7. The minimum atomic E-state index is -0.232. The Morgan fingerprint density at radius 1 is 0.667 bits per heavy atom. The molecular weight excluding hydrogens is 594 g/mol. The number of esters is 1. The molecule has 5 aromatic rings. The average Bonchev–Trinajstić information content (AvgIpc) is 3.04. The molecule has 1 amide bonds. The molecule has 0 heterocycles.